The molecule has 0 saturated heterocycles. The summed E-state index contributed by atoms with van der Waals surface area (Å²) in [5, 5.41) is 6.32. The van der Waals surface area contributed by atoms with E-state index in [1.165, 1.54) is 77.0 Å². The maximum absolute atomic E-state index is 6.55. The van der Waals surface area contributed by atoms with E-state index < -0.39 is 0 Å². The molecule has 1 aliphatic carbocycles. The summed E-state index contributed by atoms with van der Waals surface area (Å²) >= 11 is 0. The first-order valence-electron chi connectivity index (χ1n) is 19.5. The predicted octanol–water partition coefficient (Wildman–Crippen LogP) is 15.0. The van der Waals surface area contributed by atoms with Crippen LogP contribution in [0.1, 0.15) is 11.1 Å². The van der Waals surface area contributed by atoms with Crippen LogP contribution in [0.4, 0.5) is 17.1 Å². The van der Waals surface area contributed by atoms with Gasteiger partial charge in [0, 0.05) is 33.5 Å². The van der Waals surface area contributed by atoms with Crippen LogP contribution in [0.25, 0.3) is 77.2 Å². The minimum atomic E-state index is 0.954. The van der Waals surface area contributed by atoms with Gasteiger partial charge in [-0.3, -0.25) is 0 Å². The molecule has 56 heavy (non-hydrogen) atoms. The first kappa shape index (κ1) is 32.3. The molecule has 0 spiro atoms. The molecule has 1 heterocycles. The van der Waals surface area contributed by atoms with Gasteiger partial charge in [-0.1, -0.05) is 158 Å². The fraction of sp³-hybridized carbons (Fsp3) is 0.0370. The second-order valence-electron chi connectivity index (χ2n) is 14.8. The summed E-state index contributed by atoms with van der Waals surface area (Å²) < 4.78 is 6.55. The van der Waals surface area contributed by atoms with Crippen molar-refractivity contribution in [2.75, 3.05) is 4.90 Å². The summed E-state index contributed by atoms with van der Waals surface area (Å²) in [6, 6.07) is 72.6. The van der Waals surface area contributed by atoms with Gasteiger partial charge in [0.1, 0.15) is 11.3 Å². The van der Waals surface area contributed by atoms with E-state index in [1.807, 2.05) is 0 Å². The fourth-order valence-electron chi connectivity index (χ4n) is 8.89. The number of para-hydroxylation sites is 2. The van der Waals surface area contributed by atoms with Crippen LogP contribution in [-0.2, 0) is 12.8 Å². The molecule has 0 amide bonds. The van der Waals surface area contributed by atoms with Crippen molar-refractivity contribution in [1.82, 2.24) is 0 Å². The first-order valence-corrected chi connectivity index (χ1v) is 19.5. The average Bonchev–Trinajstić information content (AvgIpc) is 3.66. The van der Waals surface area contributed by atoms with Crippen molar-refractivity contribution in [1.29, 1.82) is 0 Å². The maximum Gasteiger partial charge on any atom is 0.138 e. The van der Waals surface area contributed by atoms with Gasteiger partial charge in [0.05, 0.1) is 5.69 Å². The van der Waals surface area contributed by atoms with Crippen molar-refractivity contribution < 1.29 is 4.42 Å². The van der Waals surface area contributed by atoms with Crippen molar-refractivity contribution >= 4 is 49.6 Å². The molecule has 9 aromatic carbocycles. The van der Waals surface area contributed by atoms with Crippen molar-refractivity contribution in [2.45, 2.75) is 12.8 Å². The van der Waals surface area contributed by atoms with E-state index in [1.54, 1.807) is 0 Å². The van der Waals surface area contributed by atoms with Gasteiger partial charge in [0.25, 0.3) is 0 Å². The molecule has 0 atom stereocenters. The Kier molecular flexibility index (Phi) is 7.67. The minimum Gasteiger partial charge on any atom is -0.456 e. The van der Waals surface area contributed by atoms with Crippen LogP contribution in [0.5, 0.6) is 0 Å². The lowest BCUT2D eigenvalue weighted by molar-refractivity contribution is 0.621. The Labute approximate surface area is 326 Å². The maximum atomic E-state index is 6.55. The number of hydrogen-bond donors (Lipinski definition) is 0. The SMILES string of the molecule is c1ccc(-c2ccc(N(c3ccc(-c4ccc5c(ccc6ccccc65)c4)cc3)c3ccccc3-c3cccc4c3CCc3c-4oc4ccccc34)cc2)cc1. The molecule has 0 unspecified atom stereocenters. The number of hydrogen-bond acceptors (Lipinski definition) is 2. The molecule has 0 radical (unpaired) electrons. The smallest absolute Gasteiger partial charge is 0.138 e. The highest BCUT2D eigenvalue weighted by Crippen LogP contribution is 2.47. The number of benzene rings is 9. The number of anilines is 3. The lowest BCUT2D eigenvalue weighted by atomic mass is 9.84. The molecule has 0 saturated carbocycles. The minimum absolute atomic E-state index is 0.954. The largest absolute Gasteiger partial charge is 0.456 e. The normalized spacial score (nSPS) is 12.1. The Morgan fingerprint density at radius 1 is 0.357 bits per heavy atom. The van der Waals surface area contributed by atoms with Crippen LogP contribution in [0.15, 0.2) is 205 Å². The molecule has 10 aromatic rings. The molecular weight excluding hydrogens is 679 g/mol. The second-order valence-corrected chi connectivity index (χ2v) is 14.8. The molecule has 0 bridgehead atoms. The van der Waals surface area contributed by atoms with Crippen LogP contribution in [0.3, 0.4) is 0 Å². The third-order valence-corrected chi connectivity index (χ3v) is 11.6. The standard InChI is InChI=1S/C54H37NO/c1-2-11-36(12-3-1)37-23-28-42(29-24-37)55(43-30-25-38(26-31-43)40-27-32-45-41(35-40)22-21-39-13-4-5-14-44(39)45)52-19-8-6-15-48(52)46-17-10-18-50-47(46)33-34-51-49-16-7-9-20-53(49)56-54(50)51/h1-32,35H,33-34H2. The molecule has 2 heteroatoms. The van der Waals surface area contributed by atoms with Gasteiger partial charge in [-0.05, 0) is 110 Å². The lowest BCUT2D eigenvalue weighted by Gasteiger charge is -2.29. The van der Waals surface area contributed by atoms with E-state index in [-0.39, 0.29) is 0 Å². The molecule has 0 aliphatic heterocycles. The molecule has 2 nitrogen and oxygen atoms in total. The van der Waals surface area contributed by atoms with Crippen LogP contribution in [-0.4, -0.2) is 0 Å². The van der Waals surface area contributed by atoms with E-state index in [0.29, 0.717) is 0 Å². The van der Waals surface area contributed by atoms with Gasteiger partial charge >= 0.3 is 0 Å². The van der Waals surface area contributed by atoms with Crippen LogP contribution in [0, 0.1) is 0 Å². The Balaban J connectivity index is 1.03. The molecule has 0 fully saturated rings. The Morgan fingerprint density at radius 3 is 1.75 bits per heavy atom. The molecule has 1 aromatic heterocycles. The van der Waals surface area contributed by atoms with Crippen molar-refractivity contribution in [3.63, 3.8) is 0 Å². The summed E-state index contributed by atoms with van der Waals surface area (Å²) in [4.78, 5) is 2.41. The van der Waals surface area contributed by atoms with Gasteiger partial charge in [-0.2, -0.15) is 0 Å². The van der Waals surface area contributed by atoms with Gasteiger partial charge < -0.3 is 9.32 Å². The van der Waals surface area contributed by atoms with Crippen LogP contribution in [0.2, 0.25) is 0 Å². The predicted molar refractivity (Wildman–Crippen MR) is 235 cm³/mol. The summed E-state index contributed by atoms with van der Waals surface area (Å²) in [5.41, 5.74) is 15.4. The summed E-state index contributed by atoms with van der Waals surface area (Å²) in [6.07, 6.45) is 1.91. The first-order chi connectivity index (χ1) is 27.8. The van der Waals surface area contributed by atoms with Crippen LogP contribution >= 0.6 is 0 Å². The van der Waals surface area contributed by atoms with Gasteiger partial charge in [-0.15, -0.1) is 0 Å². The molecule has 0 N–H and O–H groups in total. The van der Waals surface area contributed by atoms with Gasteiger partial charge in [0.15, 0.2) is 0 Å². The number of aryl methyl sites for hydroxylation is 1. The van der Waals surface area contributed by atoms with Crippen molar-refractivity contribution in [2.24, 2.45) is 0 Å². The third-order valence-electron chi connectivity index (χ3n) is 11.6. The number of furan rings is 1. The quantitative estimate of drug-likeness (QED) is 0.159. The Morgan fingerprint density at radius 2 is 0.929 bits per heavy atom. The number of nitrogens with zero attached hydrogens (tertiary/aromatic N) is 1. The highest BCUT2D eigenvalue weighted by Gasteiger charge is 2.26. The Hall–Kier alpha value is -7.16. The van der Waals surface area contributed by atoms with E-state index in [4.69, 9.17) is 4.42 Å². The van der Waals surface area contributed by atoms with E-state index in [9.17, 15) is 0 Å². The molecule has 11 rings (SSSR count). The van der Waals surface area contributed by atoms with Crippen molar-refractivity contribution in [3.8, 4) is 44.7 Å². The summed E-state index contributed by atoms with van der Waals surface area (Å²) in [5.74, 6) is 1.01. The highest BCUT2D eigenvalue weighted by atomic mass is 16.3. The molecule has 264 valence electrons. The van der Waals surface area contributed by atoms with Crippen LogP contribution < -0.4 is 4.90 Å². The zero-order valence-electron chi connectivity index (χ0n) is 30.8. The zero-order chi connectivity index (χ0) is 37.0. The second kappa shape index (κ2) is 13.3. The van der Waals surface area contributed by atoms with E-state index in [0.717, 1.165) is 41.2 Å². The monoisotopic (exact) mass is 715 g/mol. The summed E-state index contributed by atoms with van der Waals surface area (Å²) in [7, 11) is 0. The third kappa shape index (κ3) is 5.41. The zero-order valence-corrected chi connectivity index (χ0v) is 30.8. The molecular formula is C54H37NO. The van der Waals surface area contributed by atoms with E-state index in [2.05, 4.69) is 205 Å². The van der Waals surface area contributed by atoms with Gasteiger partial charge in [0.2, 0.25) is 0 Å². The molecule has 1 aliphatic rings. The fourth-order valence-corrected chi connectivity index (χ4v) is 8.89. The lowest BCUT2D eigenvalue weighted by Crippen LogP contribution is -2.12. The Bertz CT molecular complexity index is 3060. The number of rotatable bonds is 6. The highest BCUT2D eigenvalue weighted by molar-refractivity contribution is 6.08. The van der Waals surface area contributed by atoms with E-state index >= 15 is 0 Å². The average molecular weight is 716 g/mol. The topological polar surface area (TPSA) is 16.4 Å². The van der Waals surface area contributed by atoms with Crippen molar-refractivity contribution in [3.05, 3.63) is 211 Å². The summed E-state index contributed by atoms with van der Waals surface area (Å²) in [6.45, 7) is 0. The van der Waals surface area contributed by atoms with Gasteiger partial charge in [-0.25, -0.2) is 0 Å². The number of fused-ring (bicyclic) bond motifs is 8.